The van der Waals surface area contributed by atoms with Gasteiger partial charge in [0.1, 0.15) is 12.3 Å². The van der Waals surface area contributed by atoms with E-state index in [1.165, 1.54) is 12.3 Å². The number of rotatable bonds is 9. The molecule has 29 heavy (non-hydrogen) atoms. The monoisotopic (exact) mass is 421 g/mol. The molecule has 0 aliphatic rings. The first-order valence-electron chi connectivity index (χ1n) is 8.32. The first-order valence-corrected chi connectivity index (χ1v) is 9.87. The molecule has 0 radical (unpaired) electrons. The number of carbonyl (C=O) groups is 3. The third-order valence-electron chi connectivity index (χ3n) is 3.28. The molecule has 2 aromatic rings. The molecule has 0 saturated carbocycles. The van der Waals surface area contributed by atoms with E-state index in [9.17, 15) is 22.8 Å². The van der Waals surface area contributed by atoms with E-state index in [-0.39, 0.29) is 6.54 Å². The van der Waals surface area contributed by atoms with E-state index in [2.05, 4.69) is 10.1 Å². The number of carbonyl (C=O) groups excluding carboxylic acids is 3. The minimum Gasteiger partial charge on any atom is -0.467 e. The van der Waals surface area contributed by atoms with Gasteiger partial charge in [0.25, 0.3) is 5.91 Å². The summed E-state index contributed by atoms with van der Waals surface area (Å²) in [6, 6.07) is 11.2. The van der Waals surface area contributed by atoms with Crippen LogP contribution in [-0.4, -0.2) is 39.5 Å². The number of esters is 1. The van der Waals surface area contributed by atoms with E-state index in [0.29, 0.717) is 11.3 Å². The topological polar surface area (TPSA) is 144 Å². The van der Waals surface area contributed by atoms with E-state index < -0.39 is 41.1 Å². The van der Waals surface area contributed by atoms with Crippen molar-refractivity contribution in [3.63, 3.8) is 0 Å². The van der Waals surface area contributed by atoms with Crippen LogP contribution in [0.5, 0.6) is 0 Å². The lowest BCUT2D eigenvalue weighted by Crippen LogP contribution is -2.41. The standard InChI is InChI=1S/C18H19N3O7S/c22-16(21-18(24)19-11-15-7-4-9-27-15)13-28-17(23)12-20-29(25,26)10-8-14-5-2-1-3-6-14/h1-10,20H,11-13H2,(H2,19,21,22,24)/b10-8+. The van der Waals surface area contributed by atoms with Gasteiger partial charge < -0.3 is 14.5 Å². The lowest BCUT2D eigenvalue weighted by molar-refractivity contribution is -0.147. The van der Waals surface area contributed by atoms with E-state index in [1.807, 2.05) is 10.0 Å². The molecule has 0 unspecified atom stereocenters. The maximum Gasteiger partial charge on any atom is 0.321 e. The van der Waals surface area contributed by atoms with Crippen molar-refractivity contribution < 1.29 is 32.0 Å². The second-order valence-corrected chi connectivity index (χ2v) is 7.20. The Morgan fingerprint density at radius 3 is 2.52 bits per heavy atom. The number of benzene rings is 1. The lowest BCUT2D eigenvalue weighted by atomic mass is 10.2. The predicted octanol–water partition coefficient (Wildman–Crippen LogP) is 0.739. The number of hydrogen-bond donors (Lipinski definition) is 3. The maximum absolute atomic E-state index is 11.8. The van der Waals surface area contributed by atoms with Crippen LogP contribution >= 0.6 is 0 Å². The molecule has 1 aromatic carbocycles. The van der Waals surface area contributed by atoms with Crippen molar-refractivity contribution in [2.45, 2.75) is 6.54 Å². The molecular weight excluding hydrogens is 402 g/mol. The van der Waals surface area contributed by atoms with Crippen LogP contribution < -0.4 is 15.4 Å². The molecule has 154 valence electrons. The number of nitrogens with one attached hydrogen (secondary N) is 3. The van der Waals surface area contributed by atoms with Crippen LogP contribution in [0.25, 0.3) is 6.08 Å². The summed E-state index contributed by atoms with van der Waals surface area (Å²) in [6.07, 6.45) is 2.80. The Bertz CT molecular complexity index is 955. The number of hydrogen-bond acceptors (Lipinski definition) is 7. The van der Waals surface area contributed by atoms with Crippen molar-refractivity contribution in [3.05, 3.63) is 65.5 Å². The number of sulfonamides is 1. The van der Waals surface area contributed by atoms with Gasteiger partial charge in [0.15, 0.2) is 6.61 Å². The number of ether oxygens (including phenoxy) is 1. The molecule has 1 heterocycles. The molecule has 3 amide bonds. The normalized spacial score (nSPS) is 11.2. The highest BCUT2D eigenvalue weighted by Crippen LogP contribution is 2.02. The van der Waals surface area contributed by atoms with Crippen LogP contribution in [0.1, 0.15) is 11.3 Å². The Hall–Kier alpha value is -3.44. The molecule has 11 heteroatoms. The predicted molar refractivity (Wildman–Crippen MR) is 102 cm³/mol. The molecule has 0 aliphatic carbocycles. The lowest BCUT2D eigenvalue weighted by Gasteiger charge is -2.07. The zero-order valence-electron chi connectivity index (χ0n) is 15.2. The van der Waals surface area contributed by atoms with Crippen LogP contribution in [0.2, 0.25) is 0 Å². The largest absolute Gasteiger partial charge is 0.467 e. The highest BCUT2D eigenvalue weighted by molar-refractivity contribution is 7.92. The third kappa shape index (κ3) is 8.86. The van der Waals surface area contributed by atoms with Gasteiger partial charge in [0.2, 0.25) is 10.0 Å². The molecule has 10 nitrogen and oxygen atoms in total. The zero-order valence-corrected chi connectivity index (χ0v) is 16.0. The second-order valence-electron chi connectivity index (χ2n) is 5.55. The summed E-state index contributed by atoms with van der Waals surface area (Å²) < 4.78 is 35.3. The Morgan fingerprint density at radius 1 is 1.07 bits per heavy atom. The van der Waals surface area contributed by atoms with Gasteiger partial charge in [-0.05, 0) is 23.8 Å². The fraction of sp³-hybridized carbons (Fsp3) is 0.167. The van der Waals surface area contributed by atoms with Gasteiger partial charge >= 0.3 is 12.0 Å². The Balaban J connectivity index is 1.66. The van der Waals surface area contributed by atoms with Crippen LogP contribution in [0.4, 0.5) is 4.79 Å². The molecule has 0 spiro atoms. The van der Waals surface area contributed by atoms with Crippen LogP contribution in [-0.2, 0) is 30.9 Å². The van der Waals surface area contributed by atoms with Gasteiger partial charge in [-0.25, -0.2) is 17.9 Å². The van der Waals surface area contributed by atoms with Gasteiger partial charge in [-0.3, -0.25) is 14.9 Å². The second kappa shape index (κ2) is 10.8. The maximum atomic E-state index is 11.8. The minimum atomic E-state index is -3.87. The number of urea groups is 1. The molecule has 2 rings (SSSR count). The van der Waals surface area contributed by atoms with Crippen molar-refractivity contribution in [1.82, 2.24) is 15.4 Å². The van der Waals surface area contributed by atoms with E-state index in [4.69, 9.17) is 4.42 Å². The van der Waals surface area contributed by atoms with Crippen molar-refractivity contribution in [2.24, 2.45) is 0 Å². The molecule has 3 N–H and O–H groups in total. The highest BCUT2D eigenvalue weighted by Gasteiger charge is 2.13. The molecule has 0 saturated heterocycles. The first kappa shape index (κ1) is 21.9. The van der Waals surface area contributed by atoms with Gasteiger partial charge in [-0.1, -0.05) is 30.3 Å². The van der Waals surface area contributed by atoms with Crippen LogP contribution in [0, 0.1) is 0 Å². The van der Waals surface area contributed by atoms with Gasteiger partial charge in [-0.2, -0.15) is 0 Å². The fourth-order valence-corrected chi connectivity index (χ4v) is 2.68. The molecule has 1 aromatic heterocycles. The zero-order chi connectivity index (χ0) is 21.1. The van der Waals surface area contributed by atoms with Gasteiger partial charge in [0.05, 0.1) is 12.8 Å². The number of imide groups is 1. The molecular formula is C18H19N3O7S. The first-order chi connectivity index (χ1) is 13.8. The van der Waals surface area contributed by atoms with Crippen molar-refractivity contribution in [3.8, 4) is 0 Å². The summed E-state index contributed by atoms with van der Waals surface area (Å²) in [5, 5.41) is 5.23. The van der Waals surface area contributed by atoms with Crippen LogP contribution in [0.15, 0.2) is 58.6 Å². The number of furan rings is 1. The average Bonchev–Trinajstić information content (AvgIpc) is 3.22. The summed E-state index contributed by atoms with van der Waals surface area (Å²) in [5.74, 6) is -1.36. The Kier molecular flexibility index (Phi) is 8.12. The van der Waals surface area contributed by atoms with E-state index in [0.717, 1.165) is 5.41 Å². The van der Waals surface area contributed by atoms with Gasteiger partial charge in [0, 0.05) is 5.41 Å². The third-order valence-corrected chi connectivity index (χ3v) is 4.32. The quantitative estimate of drug-likeness (QED) is 0.507. The molecule has 0 fully saturated rings. The summed E-state index contributed by atoms with van der Waals surface area (Å²) in [4.78, 5) is 34.6. The van der Waals surface area contributed by atoms with E-state index in [1.54, 1.807) is 42.5 Å². The minimum absolute atomic E-state index is 0.0736. The van der Waals surface area contributed by atoms with Crippen molar-refractivity contribution >= 4 is 34.0 Å². The Morgan fingerprint density at radius 2 is 1.83 bits per heavy atom. The summed E-state index contributed by atoms with van der Waals surface area (Å²) in [5.41, 5.74) is 0.669. The highest BCUT2D eigenvalue weighted by atomic mass is 32.2. The molecule has 0 aliphatic heterocycles. The Labute approximate surface area is 167 Å². The average molecular weight is 421 g/mol. The smallest absolute Gasteiger partial charge is 0.321 e. The van der Waals surface area contributed by atoms with Crippen molar-refractivity contribution in [2.75, 3.05) is 13.2 Å². The number of amides is 3. The van der Waals surface area contributed by atoms with Crippen LogP contribution in [0.3, 0.4) is 0 Å². The summed E-state index contributed by atoms with van der Waals surface area (Å²) in [6.45, 7) is -1.34. The summed E-state index contributed by atoms with van der Waals surface area (Å²) in [7, 11) is -3.87. The van der Waals surface area contributed by atoms with Gasteiger partial charge in [-0.15, -0.1) is 0 Å². The fourth-order valence-electron chi connectivity index (χ4n) is 1.92. The molecule has 0 atom stereocenters. The molecule has 0 bridgehead atoms. The summed E-state index contributed by atoms with van der Waals surface area (Å²) >= 11 is 0. The SMILES string of the molecule is O=C(COC(=O)CNS(=O)(=O)/C=C/c1ccccc1)NC(=O)NCc1ccco1. The van der Waals surface area contributed by atoms with E-state index >= 15 is 0 Å². The van der Waals surface area contributed by atoms with Crippen molar-refractivity contribution in [1.29, 1.82) is 0 Å².